The van der Waals surface area contributed by atoms with Gasteiger partial charge in [-0.3, -0.25) is 0 Å². The number of rotatable bonds is 1. The van der Waals surface area contributed by atoms with E-state index in [1.165, 1.54) is 0 Å². The number of carbonyl (C=O) groups excluding carboxylic acids is 1. The molecule has 1 atom stereocenters. The molecule has 4 nitrogen and oxygen atoms in total. The minimum Gasteiger partial charge on any atom is -0.322 e. The smallest absolute Gasteiger partial charge is 0.318 e. The monoisotopic (exact) mass is 139 g/mol. The third-order valence-electron chi connectivity index (χ3n) is 1.53. The summed E-state index contributed by atoms with van der Waals surface area (Å²) in [6.45, 7) is 3.08. The second-order valence-electron chi connectivity index (χ2n) is 2.17. The summed E-state index contributed by atoms with van der Waals surface area (Å²) in [5.74, 6) is 0. The Morgan fingerprint density at radius 3 is 3.00 bits per heavy atom. The van der Waals surface area contributed by atoms with Gasteiger partial charge in [-0.2, -0.15) is 5.26 Å². The van der Waals surface area contributed by atoms with Crippen molar-refractivity contribution in [2.75, 3.05) is 13.1 Å². The van der Waals surface area contributed by atoms with E-state index in [1.54, 1.807) is 4.90 Å². The lowest BCUT2D eigenvalue weighted by Crippen LogP contribution is -2.28. The lowest BCUT2D eigenvalue weighted by Gasteiger charge is -2.08. The first kappa shape index (κ1) is 6.87. The van der Waals surface area contributed by atoms with Crippen LogP contribution in [0, 0.1) is 11.3 Å². The fourth-order valence-corrected chi connectivity index (χ4v) is 0.935. The van der Waals surface area contributed by atoms with E-state index in [0.29, 0.717) is 13.1 Å². The van der Waals surface area contributed by atoms with Crippen molar-refractivity contribution in [1.29, 1.82) is 5.26 Å². The number of amides is 2. The van der Waals surface area contributed by atoms with E-state index < -0.39 is 0 Å². The van der Waals surface area contributed by atoms with E-state index >= 15 is 0 Å². The fourth-order valence-electron chi connectivity index (χ4n) is 0.935. The second-order valence-corrected chi connectivity index (χ2v) is 2.17. The zero-order valence-corrected chi connectivity index (χ0v) is 5.79. The SMILES string of the molecule is CCN1CC(C#N)NC1=O. The van der Waals surface area contributed by atoms with E-state index in [2.05, 4.69) is 5.32 Å². The number of hydrogen-bond donors (Lipinski definition) is 1. The van der Waals surface area contributed by atoms with Crippen LogP contribution in [0.25, 0.3) is 0 Å². The maximum absolute atomic E-state index is 10.8. The minimum absolute atomic E-state index is 0.131. The fraction of sp³-hybridized carbons (Fsp3) is 0.667. The summed E-state index contributed by atoms with van der Waals surface area (Å²) in [5.41, 5.74) is 0. The van der Waals surface area contributed by atoms with Gasteiger partial charge in [0, 0.05) is 6.54 Å². The van der Waals surface area contributed by atoms with Crippen LogP contribution >= 0.6 is 0 Å². The van der Waals surface area contributed by atoms with Crippen molar-refractivity contribution in [1.82, 2.24) is 10.2 Å². The van der Waals surface area contributed by atoms with E-state index in [9.17, 15) is 4.79 Å². The number of likely N-dealkylation sites (N-methyl/N-ethyl adjacent to an activating group) is 1. The quantitative estimate of drug-likeness (QED) is 0.552. The largest absolute Gasteiger partial charge is 0.322 e. The van der Waals surface area contributed by atoms with Crippen molar-refractivity contribution in [2.24, 2.45) is 0 Å². The molecule has 10 heavy (non-hydrogen) atoms. The van der Waals surface area contributed by atoms with Crippen molar-refractivity contribution < 1.29 is 4.79 Å². The predicted octanol–water partition coefficient (Wildman–Crippen LogP) is -0.0763. The molecule has 54 valence electrons. The van der Waals surface area contributed by atoms with Gasteiger partial charge in [-0.05, 0) is 6.92 Å². The van der Waals surface area contributed by atoms with Gasteiger partial charge < -0.3 is 10.2 Å². The standard InChI is InChI=1S/C6H9N3O/c1-2-9-4-5(3-7)8-6(9)10/h5H,2,4H2,1H3,(H,8,10). The number of hydrogen-bond acceptors (Lipinski definition) is 2. The van der Waals surface area contributed by atoms with Gasteiger partial charge in [-0.25, -0.2) is 4.79 Å². The topological polar surface area (TPSA) is 56.1 Å². The molecule has 4 heteroatoms. The molecule has 1 aliphatic rings. The highest BCUT2D eigenvalue weighted by Crippen LogP contribution is 2.01. The van der Waals surface area contributed by atoms with Gasteiger partial charge in [0.2, 0.25) is 0 Å². The first-order chi connectivity index (χ1) is 4.77. The molecule has 1 aliphatic heterocycles. The highest BCUT2D eigenvalue weighted by Gasteiger charge is 2.26. The predicted molar refractivity (Wildman–Crippen MR) is 35.2 cm³/mol. The molecule has 0 aromatic rings. The molecule has 0 aromatic carbocycles. The Morgan fingerprint density at radius 2 is 2.70 bits per heavy atom. The van der Waals surface area contributed by atoms with E-state index in [0.717, 1.165) is 0 Å². The molecular weight excluding hydrogens is 130 g/mol. The Kier molecular flexibility index (Phi) is 1.76. The van der Waals surface area contributed by atoms with Crippen LogP contribution < -0.4 is 5.32 Å². The minimum atomic E-state index is -0.313. The molecule has 1 N–H and O–H groups in total. The summed E-state index contributed by atoms with van der Waals surface area (Å²) in [6, 6.07) is 1.54. The number of nitrogens with one attached hydrogen (secondary N) is 1. The Balaban J connectivity index is 2.54. The van der Waals surface area contributed by atoms with Crippen LogP contribution in [0.4, 0.5) is 4.79 Å². The average molecular weight is 139 g/mol. The van der Waals surface area contributed by atoms with Gasteiger partial charge in [-0.15, -0.1) is 0 Å². The Hall–Kier alpha value is -1.24. The summed E-state index contributed by atoms with van der Waals surface area (Å²) >= 11 is 0. The number of nitriles is 1. The molecule has 2 amide bonds. The first-order valence-corrected chi connectivity index (χ1v) is 3.23. The number of carbonyl (C=O) groups is 1. The molecule has 0 aliphatic carbocycles. The summed E-state index contributed by atoms with van der Waals surface area (Å²) in [5, 5.41) is 10.9. The summed E-state index contributed by atoms with van der Waals surface area (Å²) in [4.78, 5) is 12.4. The van der Waals surface area contributed by atoms with Crippen molar-refractivity contribution in [3.63, 3.8) is 0 Å². The molecule has 1 fully saturated rings. The van der Waals surface area contributed by atoms with Crippen LogP contribution in [0.2, 0.25) is 0 Å². The number of urea groups is 1. The van der Waals surface area contributed by atoms with Crippen molar-refractivity contribution in [2.45, 2.75) is 13.0 Å². The highest BCUT2D eigenvalue weighted by atomic mass is 16.2. The molecule has 0 saturated carbocycles. The first-order valence-electron chi connectivity index (χ1n) is 3.23. The lowest BCUT2D eigenvalue weighted by atomic mass is 10.3. The van der Waals surface area contributed by atoms with Crippen LogP contribution in [-0.4, -0.2) is 30.1 Å². The molecule has 0 spiro atoms. The summed E-state index contributed by atoms with van der Waals surface area (Å²) in [7, 11) is 0. The molecule has 0 radical (unpaired) electrons. The van der Waals surface area contributed by atoms with Gasteiger partial charge in [0.1, 0.15) is 6.04 Å². The normalized spacial score (nSPS) is 24.2. The molecule has 1 unspecified atom stereocenters. The van der Waals surface area contributed by atoms with Gasteiger partial charge in [-0.1, -0.05) is 0 Å². The average Bonchev–Trinajstić information content (AvgIpc) is 2.30. The molecule has 1 saturated heterocycles. The Bertz CT molecular complexity index is 184. The van der Waals surface area contributed by atoms with Crippen molar-refractivity contribution in [3.05, 3.63) is 0 Å². The van der Waals surface area contributed by atoms with Gasteiger partial charge in [0.15, 0.2) is 0 Å². The Labute approximate surface area is 59.4 Å². The zero-order chi connectivity index (χ0) is 7.56. The van der Waals surface area contributed by atoms with Gasteiger partial charge >= 0.3 is 6.03 Å². The zero-order valence-electron chi connectivity index (χ0n) is 5.79. The Morgan fingerprint density at radius 1 is 2.00 bits per heavy atom. The summed E-state index contributed by atoms with van der Waals surface area (Å²) in [6.07, 6.45) is 0. The summed E-state index contributed by atoms with van der Waals surface area (Å²) < 4.78 is 0. The van der Waals surface area contributed by atoms with Crippen LogP contribution in [0.5, 0.6) is 0 Å². The highest BCUT2D eigenvalue weighted by molar-refractivity contribution is 5.77. The van der Waals surface area contributed by atoms with E-state index in [1.807, 2.05) is 13.0 Å². The van der Waals surface area contributed by atoms with Crippen LogP contribution in [0.1, 0.15) is 6.92 Å². The molecular formula is C6H9N3O. The van der Waals surface area contributed by atoms with Crippen molar-refractivity contribution in [3.8, 4) is 6.07 Å². The van der Waals surface area contributed by atoms with Crippen molar-refractivity contribution >= 4 is 6.03 Å². The maximum atomic E-state index is 10.8. The van der Waals surface area contributed by atoms with Gasteiger partial charge in [0.05, 0.1) is 12.6 Å². The molecule has 0 bridgehead atoms. The third-order valence-corrected chi connectivity index (χ3v) is 1.53. The van der Waals surface area contributed by atoms with E-state index in [4.69, 9.17) is 5.26 Å². The second kappa shape index (κ2) is 2.56. The third kappa shape index (κ3) is 1.03. The van der Waals surface area contributed by atoms with Gasteiger partial charge in [0.25, 0.3) is 0 Å². The maximum Gasteiger partial charge on any atom is 0.318 e. The molecule has 1 heterocycles. The number of nitrogens with zero attached hydrogens (tertiary/aromatic N) is 2. The lowest BCUT2D eigenvalue weighted by molar-refractivity contribution is 0.219. The molecule has 0 aromatic heterocycles. The van der Waals surface area contributed by atoms with E-state index in [-0.39, 0.29) is 12.1 Å². The van der Waals surface area contributed by atoms with Crippen LogP contribution in [0.3, 0.4) is 0 Å². The van der Waals surface area contributed by atoms with Crippen LogP contribution in [-0.2, 0) is 0 Å². The van der Waals surface area contributed by atoms with Crippen LogP contribution in [0.15, 0.2) is 0 Å². The molecule has 1 rings (SSSR count).